The zero-order valence-electron chi connectivity index (χ0n) is 14.3. The maximum atomic E-state index is 12.7. The fourth-order valence-electron chi connectivity index (χ4n) is 3.15. The molecule has 1 aliphatic heterocycles. The summed E-state index contributed by atoms with van der Waals surface area (Å²) in [5, 5.41) is 0.570. The van der Waals surface area contributed by atoms with E-state index in [9.17, 15) is 18.0 Å². The second-order valence-electron chi connectivity index (χ2n) is 6.28. The smallest absolute Gasteiger partial charge is 0.368 e. The first-order chi connectivity index (χ1) is 12.8. The average Bonchev–Trinajstić information content (AvgIpc) is 2.63. The maximum Gasteiger partial charge on any atom is 0.417 e. The Bertz CT molecular complexity index is 788. The van der Waals surface area contributed by atoms with Crippen LogP contribution in [0, 0.1) is 0 Å². The van der Waals surface area contributed by atoms with Crippen molar-refractivity contribution in [1.82, 2.24) is 9.88 Å². The molecule has 2 aromatic rings. The summed E-state index contributed by atoms with van der Waals surface area (Å²) >= 11 is 5.89. The van der Waals surface area contributed by atoms with Crippen LogP contribution in [-0.4, -0.2) is 42.0 Å². The van der Waals surface area contributed by atoms with Gasteiger partial charge in [0.25, 0.3) is 0 Å². The molecule has 1 fully saturated rings. The van der Waals surface area contributed by atoms with Crippen LogP contribution in [-0.2, 0) is 11.0 Å². The summed E-state index contributed by atoms with van der Waals surface area (Å²) in [5.41, 5.74) is 5.58. The standard InChI is InChI=1S/C18H18ClF3N4O/c19-14-4-1-12(2-5-14)16(17(23)27)26-9-7-25(8-10-26)15-6-3-13(11-24-15)18(20,21)22/h1-6,11,16H,7-10H2,(H2,23,27)/t16-/m1/s1. The van der Waals surface area contributed by atoms with Gasteiger partial charge >= 0.3 is 6.18 Å². The molecular formula is C18H18ClF3N4O. The van der Waals surface area contributed by atoms with Crippen LogP contribution in [0.15, 0.2) is 42.6 Å². The van der Waals surface area contributed by atoms with Crippen molar-refractivity contribution < 1.29 is 18.0 Å². The van der Waals surface area contributed by atoms with Gasteiger partial charge in [-0.15, -0.1) is 0 Å². The van der Waals surface area contributed by atoms with E-state index >= 15 is 0 Å². The van der Waals surface area contributed by atoms with Crippen LogP contribution in [0.25, 0.3) is 0 Å². The molecule has 27 heavy (non-hydrogen) atoms. The Hall–Kier alpha value is -2.32. The van der Waals surface area contributed by atoms with E-state index in [4.69, 9.17) is 17.3 Å². The van der Waals surface area contributed by atoms with Crippen molar-refractivity contribution in [2.45, 2.75) is 12.2 Å². The molecule has 144 valence electrons. The lowest BCUT2D eigenvalue weighted by atomic mass is 10.0. The number of pyridine rings is 1. The highest BCUT2D eigenvalue weighted by molar-refractivity contribution is 6.30. The van der Waals surface area contributed by atoms with Crippen molar-refractivity contribution in [3.63, 3.8) is 0 Å². The lowest BCUT2D eigenvalue weighted by molar-refractivity contribution is -0.137. The lowest BCUT2D eigenvalue weighted by Gasteiger charge is -2.38. The third kappa shape index (κ3) is 4.51. The first-order valence-corrected chi connectivity index (χ1v) is 8.70. The highest BCUT2D eigenvalue weighted by Gasteiger charge is 2.32. The molecule has 1 aliphatic rings. The number of halogens is 4. The highest BCUT2D eigenvalue weighted by atomic mass is 35.5. The molecule has 0 spiro atoms. The van der Waals surface area contributed by atoms with E-state index in [1.54, 1.807) is 24.3 Å². The number of alkyl halides is 3. The van der Waals surface area contributed by atoms with Gasteiger partial charge in [0.05, 0.1) is 5.56 Å². The molecule has 2 N–H and O–H groups in total. The van der Waals surface area contributed by atoms with Crippen LogP contribution >= 0.6 is 11.6 Å². The zero-order valence-corrected chi connectivity index (χ0v) is 15.0. The molecule has 0 saturated carbocycles. The number of aromatic nitrogens is 1. The van der Waals surface area contributed by atoms with Gasteiger partial charge in [-0.3, -0.25) is 9.69 Å². The number of anilines is 1. The summed E-state index contributed by atoms with van der Waals surface area (Å²) in [6.07, 6.45) is -3.57. The van der Waals surface area contributed by atoms with Gasteiger partial charge in [-0.2, -0.15) is 13.2 Å². The molecule has 5 nitrogen and oxygen atoms in total. The third-order valence-electron chi connectivity index (χ3n) is 4.53. The molecule has 1 aromatic heterocycles. The van der Waals surface area contributed by atoms with Gasteiger partial charge in [0.2, 0.25) is 5.91 Å². The van der Waals surface area contributed by atoms with E-state index < -0.39 is 23.7 Å². The van der Waals surface area contributed by atoms with E-state index in [0.717, 1.165) is 17.8 Å². The Morgan fingerprint density at radius 1 is 1.07 bits per heavy atom. The summed E-state index contributed by atoms with van der Waals surface area (Å²) in [4.78, 5) is 19.7. The van der Waals surface area contributed by atoms with Crippen molar-refractivity contribution >= 4 is 23.3 Å². The topological polar surface area (TPSA) is 62.5 Å². The molecule has 3 rings (SSSR count). The average molecular weight is 399 g/mol. The van der Waals surface area contributed by atoms with Crippen LogP contribution in [0.5, 0.6) is 0 Å². The second-order valence-corrected chi connectivity index (χ2v) is 6.72. The number of carbonyl (C=O) groups excluding carboxylic acids is 1. The van der Waals surface area contributed by atoms with Gasteiger partial charge in [-0.05, 0) is 29.8 Å². The van der Waals surface area contributed by atoms with E-state index in [-0.39, 0.29) is 0 Å². The van der Waals surface area contributed by atoms with Gasteiger partial charge in [-0.1, -0.05) is 23.7 Å². The van der Waals surface area contributed by atoms with E-state index in [1.165, 1.54) is 6.07 Å². The number of rotatable bonds is 4. The molecule has 0 aliphatic carbocycles. The minimum absolute atomic E-state index is 0.460. The number of amides is 1. The van der Waals surface area contributed by atoms with Crippen LogP contribution in [0.1, 0.15) is 17.2 Å². The molecule has 1 amide bonds. The van der Waals surface area contributed by atoms with Crippen molar-refractivity contribution in [3.05, 3.63) is 58.7 Å². The monoisotopic (exact) mass is 398 g/mol. The minimum Gasteiger partial charge on any atom is -0.368 e. The summed E-state index contributed by atoms with van der Waals surface area (Å²) in [6, 6.07) is 8.75. The Kier molecular flexibility index (Phi) is 5.57. The molecule has 1 aromatic carbocycles. The predicted octanol–water partition coefficient (Wildman–Crippen LogP) is 3.10. The predicted molar refractivity (Wildman–Crippen MR) is 96.4 cm³/mol. The Morgan fingerprint density at radius 2 is 1.70 bits per heavy atom. The summed E-state index contributed by atoms with van der Waals surface area (Å²) in [5.74, 6) is 0.0168. The van der Waals surface area contributed by atoms with Crippen molar-refractivity contribution in [2.75, 3.05) is 31.1 Å². The number of hydrogen-bond donors (Lipinski definition) is 1. The molecule has 9 heteroatoms. The quantitative estimate of drug-likeness (QED) is 0.859. The number of benzene rings is 1. The van der Waals surface area contributed by atoms with Gasteiger partial charge in [0.15, 0.2) is 0 Å². The molecule has 0 bridgehead atoms. The van der Waals surface area contributed by atoms with Crippen LogP contribution in [0.4, 0.5) is 19.0 Å². The molecule has 0 radical (unpaired) electrons. The maximum absolute atomic E-state index is 12.7. The molecular weight excluding hydrogens is 381 g/mol. The summed E-state index contributed by atoms with van der Waals surface area (Å²) in [6.45, 7) is 2.10. The number of hydrogen-bond acceptors (Lipinski definition) is 4. The molecule has 1 saturated heterocycles. The summed E-state index contributed by atoms with van der Waals surface area (Å²) in [7, 11) is 0. The van der Waals surface area contributed by atoms with Crippen molar-refractivity contribution in [1.29, 1.82) is 0 Å². The molecule has 0 unspecified atom stereocenters. The van der Waals surface area contributed by atoms with E-state index in [2.05, 4.69) is 4.98 Å². The Labute approximate surface area is 159 Å². The summed E-state index contributed by atoms with van der Waals surface area (Å²) < 4.78 is 38.0. The zero-order chi connectivity index (χ0) is 19.6. The first kappa shape index (κ1) is 19.4. The fraction of sp³-hybridized carbons (Fsp3) is 0.333. The Morgan fingerprint density at radius 3 is 2.19 bits per heavy atom. The highest BCUT2D eigenvalue weighted by Crippen LogP contribution is 2.30. The first-order valence-electron chi connectivity index (χ1n) is 8.33. The van der Waals surface area contributed by atoms with Crippen LogP contribution in [0.2, 0.25) is 5.02 Å². The SMILES string of the molecule is NC(=O)[C@@H](c1ccc(Cl)cc1)N1CCN(c2ccc(C(F)(F)F)cn2)CC1. The second kappa shape index (κ2) is 7.74. The molecule has 2 heterocycles. The minimum atomic E-state index is -4.41. The lowest BCUT2D eigenvalue weighted by Crippen LogP contribution is -2.50. The number of nitrogens with two attached hydrogens (primary N) is 1. The Balaban J connectivity index is 1.68. The van der Waals surface area contributed by atoms with Gasteiger partial charge in [0, 0.05) is 37.4 Å². The van der Waals surface area contributed by atoms with Gasteiger partial charge < -0.3 is 10.6 Å². The van der Waals surface area contributed by atoms with Crippen LogP contribution in [0.3, 0.4) is 0 Å². The molecule has 1 atom stereocenters. The van der Waals surface area contributed by atoms with Crippen LogP contribution < -0.4 is 10.6 Å². The van der Waals surface area contributed by atoms with E-state index in [1.807, 2.05) is 9.80 Å². The number of nitrogens with zero attached hydrogens (tertiary/aromatic N) is 3. The number of piperazine rings is 1. The third-order valence-corrected chi connectivity index (χ3v) is 4.79. The number of carbonyl (C=O) groups is 1. The largest absolute Gasteiger partial charge is 0.417 e. The fourth-order valence-corrected chi connectivity index (χ4v) is 3.28. The van der Waals surface area contributed by atoms with Crippen molar-refractivity contribution in [2.24, 2.45) is 5.73 Å². The van der Waals surface area contributed by atoms with Gasteiger partial charge in [-0.25, -0.2) is 4.98 Å². The van der Waals surface area contributed by atoms with Gasteiger partial charge in [0.1, 0.15) is 11.9 Å². The van der Waals surface area contributed by atoms with E-state index in [0.29, 0.717) is 37.0 Å². The van der Waals surface area contributed by atoms with Crippen molar-refractivity contribution in [3.8, 4) is 0 Å². The normalized spacial score (nSPS) is 17.0. The number of primary amides is 1.